The minimum atomic E-state index is 0. The highest BCUT2D eigenvalue weighted by molar-refractivity contribution is 5.85. The number of hydrogen-bond acceptors (Lipinski definition) is 2. The van der Waals surface area contributed by atoms with Gasteiger partial charge in [-0.1, -0.05) is 12.2 Å². The van der Waals surface area contributed by atoms with Crippen molar-refractivity contribution in [3.8, 4) is 0 Å². The Morgan fingerprint density at radius 2 is 2.33 bits per heavy atom. The Hall–Kier alpha value is -0.340. The Morgan fingerprint density at radius 1 is 1.67 bits per heavy atom. The van der Waals surface area contributed by atoms with Crippen LogP contribution in [0.5, 0.6) is 0 Å². The fourth-order valence-corrected chi connectivity index (χ4v) is 1.43. The van der Waals surface area contributed by atoms with E-state index in [9.17, 15) is 4.79 Å². The summed E-state index contributed by atoms with van der Waals surface area (Å²) in [4.78, 5) is 10.8. The maximum absolute atomic E-state index is 10.8. The van der Waals surface area contributed by atoms with Crippen LogP contribution in [-0.2, 0) is 4.79 Å². The first kappa shape index (κ1) is 11.7. The van der Waals surface area contributed by atoms with Crippen molar-refractivity contribution in [2.45, 2.75) is 38.8 Å². The van der Waals surface area contributed by atoms with Crippen molar-refractivity contribution in [1.29, 1.82) is 0 Å². The largest absolute Gasteiger partial charge is 0.307 e. The molecule has 0 unspecified atom stereocenters. The molecule has 1 N–H and O–H groups in total. The first-order valence-corrected chi connectivity index (χ1v) is 4.10. The van der Waals surface area contributed by atoms with Gasteiger partial charge in [0, 0.05) is 18.5 Å². The van der Waals surface area contributed by atoms with Gasteiger partial charge in [-0.15, -0.1) is 12.4 Å². The van der Waals surface area contributed by atoms with Crippen LogP contribution in [0, 0.1) is 0 Å². The zero-order valence-corrected chi connectivity index (χ0v) is 8.36. The number of ketones is 1. The minimum absolute atomic E-state index is 0. The molecule has 1 aliphatic heterocycles. The topological polar surface area (TPSA) is 29.1 Å². The van der Waals surface area contributed by atoms with E-state index in [4.69, 9.17) is 0 Å². The van der Waals surface area contributed by atoms with Gasteiger partial charge in [0.15, 0.2) is 0 Å². The van der Waals surface area contributed by atoms with Crippen LogP contribution in [0.3, 0.4) is 0 Å². The number of carbonyl (C=O) groups excluding carboxylic acids is 1. The van der Waals surface area contributed by atoms with Crippen molar-refractivity contribution in [3.05, 3.63) is 12.2 Å². The minimum Gasteiger partial charge on any atom is -0.307 e. The highest BCUT2D eigenvalue weighted by Gasteiger charge is 2.14. The van der Waals surface area contributed by atoms with E-state index in [1.54, 1.807) is 6.92 Å². The molecule has 0 aromatic rings. The van der Waals surface area contributed by atoms with Gasteiger partial charge in [0.25, 0.3) is 0 Å². The standard InChI is InChI=1S/C9H15NO.ClH/c1-7-4-3-5-9(10-7)6-8(2)11;/h3-4,7,9-10H,5-6H2,1-2H3;1H/t7-,9+;/m0./s1. The molecular formula is C9H16ClNO. The van der Waals surface area contributed by atoms with E-state index in [1.165, 1.54) is 0 Å². The quantitative estimate of drug-likeness (QED) is 0.670. The van der Waals surface area contributed by atoms with Crippen LogP contribution in [0.4, 0.5) is 0 Å². The molecule has 2 nitrogen and oxygen atoms in total. The van der Waals surface area contributed by atoms with Gasteiger partial charge in [-0.2, -0.15) is 0 Å². The summed E-state index contributed by atoms with van der Waals surface area (Å²) in [5.74, 6) is 0.269. The van der Waals surface area contributed by atoms with E-state index in [0.717, 1.165) is 6.42 Å². The molecule has 0 saturated heterocycles. The number of carbonyl (C=O) groups is 1. The molecular weight excluding hydrogens is 174 g/mol. The maximum atomic E-state index is 10.8. The lowest BCUT2D eigenvalue weighted by atomic mass is 10.0. The lowest BCUT2D eigenvalue weighted by Gasteiger charge is -2.23. The summed E-state index contributed by atoms with van der Waals surface area (Å²) in [5.41, 5.74) is 0. The average Bonchev–Trinajstić information content (AvgIpc) is 1.85. The fourth-order valence-electron chi connectivity index (χ4n) is 1.43. The monoisotopic (exact) mass is 189 g/mol. The van der Waals surface area contributed by atoms with Crippen molar-refractivity contribution >= 4 is 18.2 Å². The predicted molar refractivity (Wildman–Crippen MR) is 52.7 cm³/mol. The summed E-state index contributed by atoms with van der Waals surface area (Å²) in [6.45, 7) is 3.74. The maximum Gasteiger partial charge on any atom is 0.131 e. The van der Waals surface area contributed by atoms with Gasteiger partial charge in [-0.25, -0.2) is 0 Å². The molecule has 12 heavy (non-hydrogen) atoms. The second kappa shape index (κ2) is 5.33. The van der Waals surface area contributed by atoms with Crippen molar-refractivity contribution in [1.82, 2.24) is 5.32 Å². The molecule has 2 atom stereocenters. The van der Waals surface area contributed by atoms with Gasteiger partial charge in [0.2, 0.25) is 0 Å². The zero-order chi connectivity index (χ0) is 8.27. The first-order chi connectivity index (χ1) is 5.18. The van der Waals surface area contributed by atoms with E-state index < -0.39 is 0 Å². The molecule has 0 aliphatic carbocycles. The van der Waals surface area contributed by atoms with E-state index in [-0.39, 0.29) is 18.2 Å². The van der Waals surface area contributed by atoms with Crippen molar-refractivity contribution < 1.29 is 4.79 Å². The third kappa shape index (κ3) is 3.88. The normalized spacial score (nSPS) is 27.8. The summed E-state index contributed by atoms with van der Waals surface area (Å²) < 4.78 is 0. The third-order valence-corrected chi connectivity index (χ3v) is 1.88. The Bertz CT molecular complexity index is 179. The molecule has 0 aromatic heterocycles. The molecule has 0 amide bonds. The molecule has 1 heterocycles. The summed E-state index contributed by atoms with van der Waals surface area (Å²) >= 11 is 0. The summed E-state index contributed by atoms with van der Waals surface area (Å²) in [6.07, 6.45) is 5.93. The zero-order valence-electron chi connectivity index (χ0n) is 7.54. The predicted octanol–water partition coefficient (Wildman–Crippen LogP) is 1.69. The number of rotatable bonds is 2. The lowest BCUT2D eigenvalue weighted by Crippen LogP contribution is -2.38. The number of halogens is 1. The summed E-state index contributed by atoms with van der Waals surface area (Å²) in [6, 6.07) is 0.792. The van der Waals surface area contributed by atoms with Crippen molar-refractivity contribution in [3.63, 3.8) is 0 Å². The van der Waals surface area contributed by atoms with E-state index in [1.807, 2.05) is 0 Å². The molecule has 0 bridgehead atoms. The Kier molecular flexibility index (Phi) is 5.18. The summed E-state index contributed by atoms with van der Waals surface area (Å²) in [5, 5.41) is 3.34. The Balaban J connectivity index is 0.00000121. The fraction of sp³-hybridized carbons (Fsp3) is 0.667. The van der Waals surface area contributed by atoms with Gasteiger partial charge >= 0.3 is 0 Å². The Morgan fingerprint density at radius 3 is 2.83 bits per heavy atom. The van der Waals surface area contributed by atoms with Crippen LogP contribution in [0.25, 0.3) is 0 Å². The van der Waals surface area contributed by atoms with Crippen molar-refractivity contribution in [2.24, 2.45) is 0 Å². The highest BCUT2D eigenvalue weighted by atomic mass is 35.5. The van der Waals surface area contributed by atoms with Gasteiger partial charge in [-0.3, -0.25) is 4.79 Å². The highest BCUT2D eigenvalue weighted by Crippen LogP contribution is 2.07. The molecule has 70 valence electrons. The smallest absolute Gasteiger partial charge is 0.131 e. The molecule has 0 aromatic carbocycles. The van der Waals surface area contributed by atoms with Crippen LogP contribution in [0.2, 0.25) is 0 Å². The van der Waals surface area contributed by atoms with E-state index in [0.29, 0.717) is 18.5 Å². The molecule has 0 radical (unpaired) electrons. The van der Waals surface area contributed by atoms with Crippen LogP contribution in [-0.4, -0.2) is 17.9 Å². The molecule has 0 fully saturated rings. The van der Waals surface area contributed by atoms with Gasteiger partial charge < -0.3 is 5.32 Å². The first-order valence-electron chi connectivity index (χ1n) is 4.10. The molecule has 3 heteroatoms. The molecule has 0 spiro atoms. The molecule has 1 aliphatic rings. The SMILES string of the molecule is CC(=O)C[C@H]1CC=C[C@H](C)N1.Cl. The summed E-state index contributed by atoms with van der Waals surface area (Å²) in [7, 11) is 0. The lowest BCUT2D eigenvalue weighted by molar-refractivity contribution is -0.117. The number of Topliss-reactive ketones (excluding diaryl/α,β-unsaturated/α-hetero) is 1. The van der Waals surface area contributed by atoms with Gasteiger partial charge in [-0.05, 0) is 20.3 Å². The molecule has 0 saturated carbocycles. The van der Waals surface area contributed by atoms with E-state index in [2.05, 4.69) is 24.4 Å². The Labute approximate surface area is 79.8 Å². The average molecular weight is 190 g/mol. The molecule has 1 rings (SSSR count). The van der Waals surface area contributed by atoms with Gasteiger partial charge in [0.05, 0.1) is 0 Å². The van der Waals surface area contributed by atoms with Gasteiger partial charge in [0.1, 0.15) is 5.78 Å². The van der Waals surface area contributed by atoms with E-state index >= 15 is 0 Å². The second-order valence-corrected chi connectivity index (χ2v) is 3.22. The van der Waals surface area contributed by atoms with Crippen LogP contribution < -0.4 is 5.32 Å². The van der Waals surface area contributed by atoms with Crippen LogP contribution in [0.15, 0.2) is 12.2 Å². The third-order valence-electron chi connectivity index (χ3n) is 1.88. The number of hydrogen-bond donors (Lipinski definition) is 1. The van der Waals surface area contributed by atoms with Crippen molar-refractivity contribution in [2.75, 3.05) is 0 Å². The van der Waals surface area contributed by atoms with Crippen LogP contribution >= 0.6 is 12.4 Å². The number of nitrogens with one attached hydrogen (secondary N) is 1. The van der Waals surface area contributed by atoms with Crippen LogP contribution in [0.1, 0.15) is 26.7 Å². The second-order valence-electron chi connectivity index (χ2n) is 3.22.